The van der Waals surface area contributed by atoms with Crippen LogP contribution in [0.1, 0.15) is 65.9 Å². The molecule has 4 bridgehead atoms. The van der Waals surface area contributed by atoms with Gasteiger partial charge in [0, 0.05) is 11.8 Å². The molecule has 0 radical (unpaired) electrons. The highest BCUT2D eigenvalue weighted by Gasteiger charge is 2.40. The van der Waals surface area contributed by atoms with Crippen LogP contribution < -0.4 is 0 Å². The average Bonchev–Trinajstić information content (AvgIpc) is 2.84. The summed E-state index contributed by atoms with van der Waals surface area (Å²) < 4.78 is 0. The molecule has 10 rings (SSSR count). The summed E-state index contributed by atoms with van der Waals surface area (Å²) in [6, 6.07) is 27.5. The van der Waals surface area contributed by atoms with Crippen molar-refractivity contribution < 1.29 is 19.8 Å². The summed E-state index contributed by atoms with van der Waals surface area (Å²) in [7, 11) is 0. The lowest BCUT2D eigenvalue weighted by atomic mass is 9.62. The number of hydrogen-bond acceptors (Lipinski definition) is 2. The first-order valence-corrected chi connectivity index (χ1v) is 11.2. The van der Waals surface area contributed by atoms with Crippen LogP contribution >= 0.6 is 0 Å². The smallest absolute Gasteiger partial charge is 0.335 e. The molecule has 162 valence electrons. The quantitative estimate of drug-likeness (QED) is 0.305. The van der Waals surface area contributed by atoms with E-state index in [2.05, 4.69) is 24.3 Å². The Morgan fingerprint density at radius 3 is 1.62 bits per heavy atom. The van der Waals surface area contributed by atoms with Crippen molar-refractivity contribution in [3.05, 3.63) is 129 Å². The molecule has 5 aliphatic carbocycles. The van der Waals surface area contributed by atoms with Gasteiger partial charge in [0.25, 0.3) is 0 Å². The van der Waals surface area contributed by atoms with Gasteiger partial charge in [-0.2, -0.15) is 0 Å². The third kappa shape index (κ3) is 2.32. The zero-order valence-electron chi connectivity index (χ0n) is 17.9. The van der Waals surface area contributed by atoms with Gasteiger partial charge in [0.15, 0.2) is 0 Å². The number of hydrogen-bond donors (Lipinski definition) is 2. The van der Waals surface area contributed by atoms with Crippen molar-refractivity contribution >= 4 is 33.5 Å². The molecule has 4 nitrogen and oxygen atoms in total. The number of carbonyl (C=O) groups is 2. The number of aromatic carboxylic acids is 2. The highest BCUT2D eigenvalue weighted by molar-refractivity contribution is 6.11. The molecule has 4 heteroatoms. The fourth-order valence-corrected chi connectivity index (χ4v) is 6.21. The lowest BCUT2D eigenvalue weighted by Crippen LogP contribution is -2.24. The fraction of sp³-hybridized carbons (Fsp3) is 0.0667. The van der Waals surface area contributed by atoms with Gasteiger partial charge in [-0.25, -0.2) is 9.59 Å². The monoisotopic (exact) mass is 442 g/mol. The van der Waals surface area contributed by atoms with E-state index in [1.807, 2.05) is 42.5 Å². The second-order valence-corrected chi connectivity index (χ2v) is 9.08. The Balaban J connectivity index is 1.74. The predicted molar refractivity (Wildman–Crippen MR) is 130 cm³/mol. The summed E-state index contributed by atoms with van der Waals surface area (Å²) in [6.45, 7) is 0. The third-order valence-corrected chi connectivity index (χ3v) is 7.51. The van der Waals surface area contributed by atoms with Crippen LogP contribution in [0.15, 0.2) is 84.9 Å². The molecule has 0 amide bonds. The van der Waals surface area contributed by atoms with Crippen LogP contribution in [0, 0.1) is 0 Å². The molecule has 2 N–H and O–H groups in total. The lowest BCUT2D eigenvalue weighted by Gasteiger charge is -2.40. The molecular formula is C30H18O4. The molecule has 0 fully saturated rings. The molecule has 5 aliphatic rings. The number of carboxylic acids is 2. The topological polar surface area (TPSA) is 74.6 Å². The Labute approximate surface area is 194 Å². The molecule has 0 saturated carbocycles. The van der Waals surface area contributed by atoms with E-state index >= 15 is 0 Å². The van der Waals surface area contributed by atoms with Crippen molar-refractivity contribution in [1.82, 2.24) is 0 Å². The highest BCUT2D eigenvalue weighted by Crippen LogP contribution is 2.57. The van der Waals surface area contributed by atoms with Gasteiger partial charge < -0.3 is 10.2 Å². The molecule has 0 unspecified atom stereocenters. The molecule has 5 aromatic carbocycles. The van der Waals surface area contributed by atoms with E-state index in [4.69, 9.17) is 0 Å². The van der Waals surface area contributed by atoms with Crippen LogP contribution in [-0.4, -0.2) is 22.2 Å². The van der Waals surface area contributed by atoms with Gasteiger partial charge in [-0.1, -0.05) is 60.7 Å². The second-order valence-electron chi connectivity index (χ2n) is 9.08. The molecule has 0 heterocycles. The Bertz CT molecular complexity index is 1730. The lowest BCUT2D eigenvalue weighted by molar-refractivity contribution is 0.0686. The standard InChI is InChI=1S/C30H18O4/c31-29(32)15-9-11-21-23(13-15)27-19-7-3-1-5-17(19)25(21)28-20-8-4-2-6-18(20)26(27)22-12-10-16(30(33)34)14-24(22)28/h1-14,25,27H,(H,31,32)(H,33,34)/t25-,27+/m0/s1. The minimum Gasteiger partial charge on any atom is -0.478 e. The maximum absolute atomic E-state index is 11.9. The molecule has 0 saturated heterocycles. The molecular weight excluding hydrogens is 424 g/mol. The van der Waals surface area contributed by atoms with E-state index in [0.29, 0.717) is 0 Å². The van der Waals surface area contributed by atoms with E-state index < -0.39 is 11.9 Å². The molecule has 0 spiro atoms. The molecule has 0 aliphatic heterocycles. The maximum atomic E-state index is 11.9. The number of benzene rings is 5. The van der Waals surface area contributed by atoms with Crippen LogP contribution in [0.2, 0.25) is 0 Å². The van der Waals surface area contributed by atoms with E-state index in [-0.39, 0.29) is 23.0 Å². The zero-order chi connectivity index (χ0) is 23.1. The Morgan fingerprint density at radius 2 is 0.971 bits per heavy atom. The van der Waals surface area contributed by atoms with E-state index in [1.165, 1.54) is 11.1 Å². The first kappa shape index (κ1) is 19.1. The Kier molecular flexibility index (Phi) is 3.67. The number of carboxylic acid groups (broad SMARTS) is 2. The van der Waals surface area contributed by atoms with Crippen molar-refractivity contribution in [1.29, 1.82) is 0 Å². The van der Waals surface area contributed by atoms with E-state index in [1.54, 1.807) is 18.2 Å². The minimum absolute atomic E-state index is 0.129. The van der Waals surface area contributed by atoms with E-state index in [9.17, 15) is 19.8 Å². The van der Waals surface area contributed by atoms with Gasteiger partial charge in [-0.15, -0.1) is 0 Å². The first-order valence-electron chi connectivity index (χ1n) is 11.2. The van der Waals surface area contributed by atoms with Gasteiger partial charge in [-0.3, -0.25) is 0 Å². The third-order valence-electron chi connectivity index (χ3n) is 7.51. The van der Waals surface area contributed by atoms with Crippen molar-refractivity contribution in [2.24, 2.45) is 0 Å². The SMILES string of the molecule is O=C(O)c1ccc2c(c1)[C@H]1c3ccccc3[C@@H]2c2c3ccccc3c1c1ccc(C(=O)O)cc21. The van der Waals surface area contributed by atoms with Gasteiger partial charge in [0.2, 0.25) is 0 Å². The predicted octanol–water partition coefficient (Wildman–Crippen LogP) is 6.38. The van der Waals surface area contributed by atoms with Crippen LogP contribution in [0.3, 0.4) is 0 Å². The number of rotatable bonds is 2. The van der Waals surface area contributed by atoms with Gasteiger partial charge >= 0.3 is 11.9 Å². The van der Waals surface area contributed by atoms with Crippen molar-refractivity contribution in [3.63, 3.8) is 0 Å². The summed E-state index contributed by atoms with van der Waals surface area (Å²) in [5, 5.41) is 23.7. The highest BCUT2D eigenvalue weighted by atomic mass is 16.4. The van der Waals surface area contributed by atoms with Crippen molar-refractivity contribution in [3.8, 4) is 0 Å². The van der Waals surface area contributed by atoms with Gasteiger partial charge in [0.1, 0.15) is 0 Å². The summed E-state index contributed by atoms with van der Waals surface area (Å²) in [4.78, 5) is 23.8. The molecule has 2 atom stereocenters. The van der Waals surface area contributed by atoms with Gasteiger partial charge in [-0.05, 0) is 79.2 Å². The molecule has 5 aromatic rings. The Morgan fingerprint density at radius 1 is 0.500 bits per heavy atom. The van der Waals surface area contributed by atoms with Crippen molar-refractivity contribution in [2.45, 2.75) is 11.8 Å². The zero-order valence-corrected chi connectivity index (χ0v) is 17.9. The summed E-state index contributed by atoms with van der Waals surface area (Å²) in [5.41, 5.74) is 7.18. The first-order chi connectivity index (χ1) is 16.5. The van der Waals surface area contributed by atoms with Crippen LogP contribution in [0.25, 0.3) is 21.5 Å². The summed E-state index contributed by atoms with van der Waals surface area (Å²) in [5.74, 6) is -2.17. The average molecular weight is 442 g/mol. The fourth-order valence-electron chi connectivity index (χ4n) is 6.21. The van der Waals surface area contributed by atoms with Crippen LogP contribution in [0.5, 0.6) is 0 Å². The van der Waals surface area contributed by atoms with Crippen LogP contribution in [-0.2, 0) is 0 Å². The van der Waals surface area contributed by atoms with Crippen LogP contribution in [0.4, 0.5) is 0 Å². The van der Waals surface area contributed by atoms with E-state index in [0.717, 1.165) is 43.8 Å². The van der Waals surface area contributed by atoms with Gasteiger partial charge in [0.05, 0.1) is 11.1 Å². The molecule has 34 heavy (non-hydrogen) atoms. The summed E-state index contributed by atoms with van der Waals surface area (Å²) in [6.07, 6.45) is 0. The molecule has 0 aromatic heterocycles. The Hall–Kier alpha value is -4.44. The maximum Gasteiger partial charge on any atom is 0.335 e. The normalized spacial score (nSPS) is 17.3. The minimum atomic E-state index is -0.948. The summed E-state index contributed by atoms with van der Waals surface area (Å²) >= 11 is 0. The second kappa shape index (κ2) is 6.55. The van der Waals surface area contributed by atoms with Crippen molar-refractivity contribution in [2.75, 3.05) is 0 Å². The largest absolute Gasteiger partial charge is 0.478 e.